The lowest BCUT2D eigenvalue weighted by Crippen LogP contribution is -2.38. The normalized spacial score (nSPS) is 14.8. The lowest BCUT2D eigenvalue weighted by Gasteiger charge is -2.26. The summed E-state index contributed by atoms with van der Waals surface area (Å²) in [7, 11) is 0. The number of nitrogen functional groups attached to an aromatic ring is 1. The monoisotopic (exact) mass is 408 g/mol. The van der Waals surface area contributed by atoms with Crippen LogP contribution in [0.25, 0.3) is 0 Å². The zero-order valence-electron chi connectivity index (χ0n) is 17.0. The van der Waals surface area contributed by atoms with E-state index < -0.39 is 6.10 Å². The molecular weight excluding hydrogens is 380 g/mol. The summed E-state index contributed by atoms with van der Waals surface area (Å²) >= 11 is 0. The minimum atomic E-state index is -0.829. The van der Waals surface area contributed by atoms with E-state index in [0.717, 1.165) is 24.9 Å². The molecule has 3 rings (SSSR count). The van der Waals surface area contributed by atoms with Gasteiger partial charge in [-0.2, -0.15) is 0 Å². The number of benzene rings is 2. The van der Waals surface area contributed by atoms with Crippen LogP contribution in [0.2, 0.25) is 0 Å². The van der Waals surface area contributed by atoms with Crippen LogP contribution in [-0.4, -0.2) is 42.2 Å². The van der Waals surface area contributed by atoms with Gasteiger partial charge in [0.15, 0.2) is 0 Å². The average molecular weight is 409 g/mol. The number of piperidine rings is 1. The Morgan fingerprint density at radius 1 is 1.17 bits per heavy atom. The van der Waals surface area contributed by atoms with Gasteiger partial charge in [-0.05, 0) is 31.4 Å². The molecule has 0 aromatic heterocycles. The van der Waals surface area contributed by atoms with Crippen molar-refractivity contribution in [2.45, 2.75) is 31.8 Å². The van der Waals surface area contributed by atoms with E-state index in [0.29, 0.717) is 37.2 Å². The van der Waals surface area contributed by atoms with Gasteiger partial charge >= 0.3 is 0 Å². The molecule has 7 nitrogen and oxygen atoms in total. The predicted molar refractivity (Wildman–Crippen MR) is 115 cm³/mol. The van der Waals surface area contributed by atoms with E-state index >= 15 is 0 Å². The van der Waals surface area contributed by atoms with Crippen molar-refractivity contribution in [1.29, 1.82) is 5.41 Å². The number of hydrogen-bond acceptors (Lipinski definition) is 4. The van der Waals surface area contributed by atoms with Crippen LogP contribution in [0.5, 0.6) is 5.75 Å². The molecular formula is C23H28N4O3. The van der Waals surface area contributed by atoms with Crippen LogP contribution in [0.4, 0.5) is 0 Å². The second-order valence-corrected chi connectivity index (χ2v) is 7.33. The number of carbonyl (C=O) groups excluding carboxylic acids is 2. The minimum Gasteiger partial charge on any atom is -0.476 e. The van der Waals surface area contributed by atoms with Gasteiger partial charge in [0.25, 0.3) is 5.91 Å². The van der Waals surface area contributed by atoms with Gasteiger partial charge in [-0.3, -0.25) is 15.0 Å². The average Bonchev–Trinajstić information content (AvgIpc) is 2.77. The molecule has 0 spiro atoms. The fourth-order valence-corrected chi connectivity index (χ4v) is 3.45. The van der Waals surface area contributed by atoms with Crippen LogP contribution in [0.3, 0.4) is 0 Å². The SMILES string of the molecule is N=C(N)c1cccc(OC(C(=O)NCCCN2CCCCC2=O)c2ccccc2)c1. The Morgan fingerprint density at radius 2 is 1.97 bits per heavy atom. The molecule has 0 saturated carbocycles. The predicted octanol–water partition coefficient (Wildman–Crippen LogP) is 2.61. The van der Waals surface area contributed by atoms with Crippen LogP contribution in [0.1, 0.15) is 42.9 Å². The lowest BCUT2D eigenvalue weighted by atomic mass is 10.1. The largest absolute Gasteiger partial charge is 0.476 e. The molecule has 2 amide bonds. The molecule has 0 radical (unpaired) electrons. The van der Waals surface area contributed by atoms with Crippen LogP contribution >= 0.6 is 0 Å². The first kappa shape index (κ1) is 21.4. The first-order valence-corrected chi connectivity index (χ1v) is 10.3. The third-order valence-corrected chi connectivity index (χ3v) is 5.06. The van der Waals surface area contributed by atoms with Gasteiger partial charge in [0.05, 0.1) is 0 Å². The molecule has 158 valence electrons. The number of nitrogens with zero attached hydrogens (tertiary/aromatic N) is 1. The molecule has 1 heterocycles. The fraction of sp³-hybridized carbons (Fsp3) is 0.348. The van der Waals surface area contributed by atoms with E-state index in [1.807, 2.05) is 35.2 Å². The number of nitrogens with two attached hydrogens (primary N) is 1. The Balaban J connectivity index is 1.62. The molecule has 2 aromatic rings. The van der Waals surface area contributed by atoms with Crippen molar-refractivity contribution in [2.24, 2.45) is 5.73 Å². The summed E-state index contributed by atoms with van der Waals surface area (Å²) in [6, 6.07) is 16.1. The van der Waals surface area contributed by atoms with Crippen molar-refractivity contribution in [2.75, 3.05) is 19.6 Å². The van der Waals surface area contributed by atoms with E-state index in [1.54, 1.807) is 24.3 Å². The van der Waals surface area contributed by atoms with Crippen molar-refractivity contribution >= 4 is 17.6 Å². The highest BCUT2D eigenvalue weighted by atomic mass is 16.5. The first-order valence-electron chi connectivity index (χ1n) is 10.3. The Labute approximate surface area is 176 Å². The number of carbonyl (C=O) groups is 2. The molecule has 30 heavy (non-hydrogen) atoms. The summed E-state index contributed by atoms with van der Waals surface area (Å²) in [6.07, 6.45) is 2.49. The van der Waals surface area contributed by atoms with Crippen LogP contribution in [0, 0.1) is 5.41 Å². The molecule has 1 unspecified atom stereocenters. The maximum absolute atomic E-state index is 12.9. The summed E-state index contributed by atoms with van der Waals surface area (Å²) in [6.45, 7) is 1.91. The fourth-order valence-electron chi connectivity index (χ4n) is 3.45. The molecule has 1 saturated heterocycles. The molecule has 1 aliphatic heterocycles. The van der Waals surface area contributed by atoms with Crippen molar-refractivity contribution in [3.63, 3.8) is 0 Å². The van der Waals surface area contributed by atoms with Crippen molar-refractivity contribution in [1.82, 2.24) is 10.2 Å². The van der Waals surface area contributed by atoms with Crippen molar-refractivity contribution < 1.29 is 14.3 Å². The van der Waals surface area contributed by atoms with Gasteiger partial charge in [-0.1, -0.05) is 42.5 Å². The zero-order chi connectivity index (χ0) is 21.3. The standard InChI is InChI=1S/C23H28N4O3/c24-22(25)18-10-6-11-19(16-18)30-21(17-8-2-1-3-9-17)23(29)26-13-7-15-27-14-5-4-12-20(27)28/h1-3,6,8-11,16,21H,4-5,7,12-15H2,(H3,24,25)(H,26,29). The molecule has 7 heteroatoms. The topological polar surface area (TPSA) is 109 Å². The number of rotatable bonds is 9. The number of amidine groups is 1. The van der Waals surface area contributed by atoms with E-state index in [2.05, 4.69) is 5.32 Å². The van der Waals surface area contributed by atoms with Gasteiger partial charge in [0.2, 0.25) is 12.0 Å². The van der Waals surface area contributed by atoms with E-state index in [-0.39, 0.29) is 17.6 Å². The van der Waals surface area contributed by atoms with Gasteiger partial charge in [0, 0.05) is 37.2 Å². The summed E-state index contributed by atoms with van der Waals surface area (Å²) in [5.74, 6) is 0.349. The van der Waals surface area contributed by atoms with E-state index in [4.69, 9.17) is 15.9 Å². The Hall–Kier alpha value is -3.35. The molecule has 4 N–H and O–H groups in total. The molecule has 0 aliphatic carbocycles. The van der Waals surface area contributed by atoms with Crippen molar-refractivity contribution in [3.8, 4) is 5.75 Å². The van der Waals surface area contributed by atoms with Gasteiger partial charge in [0.1, 0.15) is 11.6 Å². The molecule has 2 aromatic carbocycles. The Kier molecular flexibility index (Phi) is 7.43. The maximum atomic E-state index is 12.9. The summed E-state index contributed by atoms with van der Waals surface area (Å²) in [4.78, 5) is 26.7. The van der Waals surface area contributed by atoms with Crippen LogP contribution < -0.4 is 15.8 Å². The van der Waals surface area contributed by atoms with Gasteiger partial charge < -0.3 is 20.7 Å². The second kappa shape index (κ2) is 10.4. The number of ether oxygens (including phenoxy) is 1. The van der Waals surface area contributed by atoms with E-state index in [1.165, 1.54) is 0 Å². The van der Waals surface area contributed by atoms with Crippen LogP contribution in [-0.2, 0) is 9.59 Å². The summed E-state index contributed by atoms with van der Waals surface area (Å²) < 4.78 is 5.99. The first-order chi connectivity index (χ1) is 14.5. The third-order valence-electron chi connectivity index (χ3n) is 5.06. The highest BCUT2D eigenvalue weighted by molar-refractivity contribution is 5.95. The molecule has 1 atom stereocenters. The van der Waals surface area contributed by atoms with Crippen molar-refractivity contribution in [3.05, 3.63) is 65.7 Å². The minimum absolute atomic E-state index is 0.0616. The number of nitrogens with one attached hydrogen (secondary N) is 2. The summed E-state index contributed by atoms with van der Waals surface area (Å²) in [5, 5.41) is 10.5. The van der Waals surface area contributed by atoms with Crippen LogP contribution in [0.15, 0.2) is 54.6 Å². The summed E-state index contributed by atoms with van der Waals surface area (Å²) in [5.41, 5.74) is 6.82. The molecule has 0 bridgehead atoms. The molecule has 1 fully saturated rings. The lowest BCUT2D eigenvalue weighted by molar-refractivity contribution is -0.133. The third kappa shape index (κ3) is 5.83. The maximum Gasteiger partial charge on any atom is 0.265 e. The number of hydrogen-bond donors (Lipinski definition) is 3. The highest BCUT2D eigenvalue weighted by Crippen LogP contribution is 2.23. The Morgan fingerprint density at radius 3 is 2.70 bits per heavy atom. The number of amides is 2. The number of likely N-dealkylation sites (tertiary alicyclic amines) is 1. The highest BCUT2D eigenvalue weighted by Gasteiger charge is 2.23. The quantitative estimate of drug-likeness (QED) is 0.337. The second-order valence-electron chi connectivity index (χ2n) is 7.33. The van der Waals surface area contributed by atoms with Gasteiger partial charge in [-0.25, -0.2) is 0 Å². The Bertz CT molecular complexity index is 885. The van der Waals surface area contributed by atoms with Gasteiger partial charge in [-0.15, -0.1) is 0 Å². The molecule has 1 aliphatic rings. The van der Waals surface area contributed by atoms with E-state index in [9.17, 15) is 9.59 Å². The smallest absolute Gasteiger partial charge is 0.265 e. The zero-order valence-corrected chi connectivity index (χ0v) is 17.0.